The molecular weight excluding hydrogens is 396 g/mol. The standard InChI is InChI=1S/C25H22O6/c1-3-30-24(27)20-15-9-10-16-21(20)31-25(28)22(17-11-5-4-6-12-17)18-13-7-8-14-19(18)23(26)29-2/h4-16,22H,3H2,1-2H3. The van der Waals surface area contributed by atoms with Gasteiger partial charge in [-0.1, -0.05) is 60.7 Å². The Hall–Kier alpha value is -3.93. The summed E-state index contributed by atoms with van der Waals surface area (Å²) in [5, 5.41) is 0. The van der Waals surface area contributed by atoms with Crippen molar-refractivity contribution in [3.63, 3.8) is 0 Å². The normalized spacial score (nSPS) is 11.3. The van der Waals surface area contributed by atoms with E-state index >= 15 is 0 Å². The number of para-hydroxylation sites is 1. The van der Waals surface area contributed by atoms with Crippen LogP contribution in [0.3, 0.4) is 0 Å². The number of rotatable bonds is 7. The molecule has 0 bridgehead atoms. The van der Waals surface area contributed by atoms with Crippen molar-refractivity contribution >= 4 is 17.9 Å². The third kappa shape index (κ3) is 4.98. The Morgan fingerprint density at radius 3 is 2.06 bits per heavy atom. The van der Waals surface area contributed by atoms with Crippen LogP contribution in [-0.2, 0) is 14.3 Å². The second-order valence-electron chi connectivity index (χ2n) is 6.56. The first-order valence-electron chi connectivity index (χ1n) is 9.76. The van der Waals surface area contributed by atoms with Gasteiger partial charge in [-0.25, -0.2) is 9.59 Å². The zero-order chi connectivity index (χ0) is 22.2. The van der Waals surface area contributed by atoms with E-state index in [1.54, 1.807) is 67.6 Å². The molecule has 0 spiro atoms. The van der Waals surface area contributed by atoms with Crippen molar-refractivity contribution in [1.82, 2.24) is 0 Å². The van der Waals surface area contributed by atoms with Crippen molar-refractivity contribution in [1.29, 1.82) is 0 Å². The molecule has 158 valence electrons. The quantitative estimate of drug-likeness (QED) is 0.418. The maximum absolute atomic E-state index is 13.4. The highest BCUT2D eigenvalue weighted by Gasteiger charge is 2.30. The highest BCUT2D eigenvalue weighted by atomic mass is 16.5. The van der Waals surface area contributed by atoms with E-state index in [9.17, 15) is 14.4 Å². The van der Waals surface area contributed by atoms with E-state index in [1.807, 2.05) is 6.07 Å². The third-order valence-corrected chi connectivity index (χ3v) is 4.64. The third-order valence-electron chi connectivity index (χ3n) is 4.64. The van der Waals surface area contributed by atoms with Crippen LogP contribution < -0.4 is 4.74 Å². The lowest BCUT2D eigenvalue weighted by Gasteiger charge is -2.20. The molecule has 3 rings (SSSR count). The molecule has 0 aromatic heterocycles. The van der Waals surface area contributed by atoms with Gasteiger partial charge in [-0.3, -0.25) is 4.79 Å². The van der Waals surface area contributed by atoms with E-state index in [0.29, 0.717) is 11.1 Å². The molecule has 0 saturated heterocycles. The molecule has 0 aliphatic carbocycles. The van der Waals surface area contributed by atoms with Gasteiger partial charge in [0.2, 0.25) is 0 Å². The number of benzene rings is 3. The van der Waals surface area contributed by atoms with Crippen LogP contribution in [0, 0.1) is 0 Å². The van der Waals surface area contributed by atoms with Crippen molar-refractivity contribution in [3.8, 4) is 5.75 Å². The number of methoxy groups -OCH3 is 1. The molecule has 3 aromatic rings. The Labute approximate surface area is 180 Å². The molecule has 0 N–H and O–H groups in total. The molecule has 1 unspecified atom stereocenters. The largest absolute Gasteiger partial charge is 0.465 e. The first-order valence-corrected chi connectivity index (χ1v) is 9.76. The summed E-state index contributed by atoms with van der Waals surface area (Å²) in [6, 6.07) is 22.0. The van der Waals surface area contributed by atoms with Gasteiger partial charge in [-0.15, -0.1) is 0 Å². The van der Waals surface area contributed by atoms with Gasteiger partial charge in [-0.2, -0.15) is 0 Å². The predicted molar refractivity (Wildman–Crippen MR) is 114 cm³/mol. The van der Waals surface area contributed by atoms with Gasteiger partial charge in [-0.05, 0) is 36.2 Å². The molecule has 6 nitrogen and oxygen atoms in total. The van der Waals surface area contributed by atoms with Gasteiger partial charge in [0.1, 0.15) is 17.2 Å². The highest BCUT2D eigenvalue weighted by molar-refractivity contribution is 5.96. The van der Waals surface area contributed by atoms with Gasteiger partial charge in [0, 0.05) is 0 Å². The van der Waals surface area contributed by atoms with Gasteiger partial charge in [0.15, 0.2) is 0 Å². The van der Waals surface area contributed by atoms with Crippen molar-refractivity contribution in [3.05, 3.63) is 101 Å². The summed E-state index contributed by atoms with van der Waals surface area (Å²) < 4.78 is 15.6. The first-order chi connectivity index (χ1) is 15.1. The summed E-state index contributed by atoms with van der Waals surface area (Å²) in [5.41, 5.74) is 1.48. The number of ether oxygens (including phenoxy) is 3. The van der Waals surface area contributed by atoms with Crippen molar-refractivity contribution < 1.29 is 28.6 Å². The number of hydrogen-bond acceptors (Lipinski definition) is 6. The lowest BCUT2D eigenvalue weighted by molar-refractivity contribution is -0.135. The average Bonchev–Trinajstić information content (AvgIpc) is 2.80. The Kier molecular flexibility index (Phi) is 7.17. The lowest BCUT2D eigenvalue weighted by atomic mass is 9.88. The summed E-state index contributed by atoms with van der Waals surface area (Å²) in [6.07, 6.45) is 0. The van der Waals surface area contributed by atoms with Gasteiger partial charge in [0.05, 0.1) is 19.3 Å². The molecule has 1 atom stereocenters. The van der Waals surface area contributed by atoms with E-state index in [1.165, 1.54) is 19.2 Å². The number of esters is 3. The minimum atomic E-state index is -0.910. The lowest BCUT2D eigenvalue weighted by Crippen LogP contribution is -2.23. The van der Waals surface area contributed by atoms with Crippen molar-refractivity contribution in [2.24, 2.45) is 0 Å². The highest BCUT2D eigenvalue weighted by Crippen LogP contribution is 2.31. The minimum Gasteiger partial charge on any atom is -0.465 e. The maximum Gasteiger partial charge on any atom is 0.341 e. The number of hydrogen-bond donors (Lipinski definition) is 0. The fourth-order valence-electron chi connectivity index (χ4n) is 3.23. The molecule has 0 fully saturated rings. The van der Waals surface area contributed by atoms with Crippen LogP contribution in [0.5, 0.6) is 5.75 Å². The second-order valence-corrected chi connectivity index (χ2v) is 6.56. The Morgan fingerprint density at radius 1 is 0.774 bits per heavy atom. The van der Waals surface area contributed by atoms with Gasteiger partial charge >= 0.3 is 17.9 Å². The Bertz CT molecular complexity index is 1070. The summed E-state index contributed by atoms with van der Waals surface area (Å²) in [6.45, 7) is 1.89. The van der Waals surface area contributed by atoms with Crippen LogP contribution >= 0.6 is 0 Å². The summed E-state index contributed by atoms with van der Waals surface area (Å²) in [5.74, 6) is -2.61. The van der Waals surface area contributed by atoms with E-state index in [0.717, 1.165) is 0 Å². The molecule has 0 aliphatic heterocycles. The molecule has 0 heterocycles. The molecule has 31 heavy (non-hydrogen) atoms. The zero-order valence-electron chi connectivity index (χ0n) is 17.2. The summed E-state index contributed by atoms with van der Waals surface area (Å²) in [7, 11) is 1.28. The molecule has 0 saturated carbocycles. The number of carbonyl (C=O) groups is 3. The predicted octanol–water partition coefficient (Wildman–Crippen LogP) is 4.39. The molecule has 0 aliphatic rings. The van der Waals surface area contributed by atoms with Crippen molar-refractivity contribution in [2.75, 3.05) is 13.7 Å². The van der Waals surface area contributed by atoms with Gasteiger partial charge in [0.25, 0.3) is 0 Å². The van der Waals surface area contributed by atoms with Crippen LogP contribution in [-0.4, -0.2) is 31.6 Å². The fourth-order valence-corrected chi connectivity index (χ4v) is 3.23. The summed E-state index contributed by atoms with van der Waals surface area (Å²) >= 11 is 0. The van der Waals surface area contributed by atoms with Crippen LogP contribution in [0.25, 0.3) is 0 Å². The molecule has 6 heteroatoms. The van der Waals surface area contributed by atoms with Crippen LogP contribution in [0.2, 0.25) is 0 Å². The zero-order valence-corrected chi connectivity index (χ0v) is 17.2. The molecule has 3 aromatic carbocycles. The second kappa shape index (κ2) is 10.2. The van der Waals surface area contributed by atoms with E-state index < -0.39 is 23.8 Å². The monoisotopic (exact) mass is 418 g/mol. The molecule has 0 radical (unpaired) electrons. The first kappa shape index (κ1) is 21.8. The van der Waals surface area contributed by atoms with E-state index in [-0.39, 0.29) is 23.5 Å². The Morgan fingerprint density at radius 2 is 1.39 bits per heavy atom. The molecule has 0 amide bonds. The van der Waals surface area contributed by atoms with Crippen LogP contribution in [0.4, 0.5) is 0 Å². The van der Waals surface area contributed by atoms with Gasteiger partial charge < -0.3 is 14.2 Å². The number of carbonyl (C=O) groups excluding carboxylic acids is 3. The summed E-state index contributed by atoms with van der Waals surface area (Å²) in [4.78, 5) is 38.0. The smallest absolute Gasteiger partial charge is 0.341 e. The SMILES string of the molecule is CCOC(=O)c1ccccc1OC(=O)C(c1ccccc1)c1ccccc1C(=O)OC. The van der Waals surface area contributed by atoms with Crippen LogP contribution in [0.1, 0.15) is 44.7 Å². The topological polar surface area (TPSA) is 78.9 Å². The molecular formula is C25H22O6. The minimum absolute atomic E-state index is 0.0856. The van der Waals surface area contributed by atoms with E-state index in [4.69, 9.17) is 14.2 Å². The Balaban J connectivity index is 2.05. The van der Waals surface area contributed by atoms with Crippen molar-refractivity contribution in [2.45, 2.75) is 12.8 Å². The van der Waals surface area contributed by atoms with E-state index in [2.05, 4.69) is 0 Å². The van der Waals surface area contributed by atoms with Crippen LogP contribution in [0.15, 0.2) is 78.9 Å². The average molecular weight is 418 g/mol. The fraction of sp³-hybridized carbons (Fsp3) is 0.160. The maximum atomic E-state index is 13.4.